The molecule has 0 aromatic rings. The van der Waals surface area contributed by atoms with Gasteiger partial charge in [0.1, 0.15) is 0 Å². The first-order valence-electron chi connectivity index (χ1n) is 7.52. The Morgan fingerprint density at radius 3 is 2.83 bits per heavy atom. The van der Waals surface area contributed by atoms with Gasteiger partial charge in [-0.15, -0.1) is 0 Å². The Hall–Kier alpha value is -0.610. The fourth-order valence-corrected chi connectivity index (χ4v) is 3.72. The van der Waals surface area contributed by atoms with E-state index < -0.39 is 0 Å². The number of rotatable bonds is 1. The highest BCUT2D eigenvalue weighted by molar-refractivity contribution is 5.82. The van der Waals surface area contributed by atoms with Crippen molar-refractivity contribution in [3.63, 3.8) is 0 Å². The van der Waals surface area contributed by atoms with Crippen LogP contribution in [0.1, 0.15) is 32.6 Å². The van der Waals surface area contributed by atoms with Crippen LogP contribution in [0.25, 0.3) is 0 Å². The normalized spacial score (nSPS) is 37.6. The van der Waals surface area contributed by atoms with E-state index in [1.807, 2.05) is 0 Å². The number of nitrogens with one attached hydrogen (secondary N) is 1. The predicted molar refractivity (Wildman–Crippen MR) is 71.4 cm³/mol. The van der Waals surface area contributed by atoms with Gasteiger partial charge in [-0.3, -0.25) is 9.69 Å². The van der Waals surface area contributed by atoms with E-state index >= 15 is 0 Å². The first kappa shape index (κ1) is 12.4. The van der Waals surface area contributed by atoms with Crippen molar-refractivity contribution in [1.29, 1.82) is 0 Å². The molecule has 1 amide bonds. The number of carbonyl (C=O) groups excluding carboxylic acids is 1. The van der Waals surface area contributed by atoms with Crippen molar-refractivity contribution in [3.05, 3.63) is 0 Å². The largest absolute Gasteiger partial charge is 0.338 e. The molecule has 0 radical (unpaired) electrons. The zero-order chi connectivity index (χ0) is 12.5. The minimum atomic E-state index is 0.0835. The van der Waals surface area contributed by atoms with Crippen molar-refractivity contribution < 1.29 is 4.79 Å². The first-order valence-corrected chi connectivity index (χ1v) is 7.52. The Labute approximate surface area is 110 Å². The molecule has 102 valence electrons. The van der Waals surface area contributed by atoms with Crippen LogP contribution in [-0.4, -0.2) is 60.5 Å². The molecule has 3 heterocycles. The summed E-state index contributed by atoms with van der Waals surface area (Å²) in [5, 5.41) is 3.37. The Morgan fingerprint density at radius 2 is 2.06 bits per heavy atom. The van der Waals surface area contributed by atoms with Crippen LogP contribution in [0.2, 0.25) is 0 Å². The molecule has 3 aliphatic rings. The summed E-state index contributed by atoms with van der Waals surface area (Å²) in [6.45, 7) is 7.41. The van der Waals surface area contributed by atoms with E-state index in [0.29, 0.717) is 17.9 Å². The van der Waals surface area contributed by atoms with Crippen molar-refractivity contribution in [2.75, 3.05) is 32.7 Å². The number of carbonyl (C=O) groups is 1. The van der Waals surface area contributed by atoms with Gasteiger partial charge in [0.2, 0.25) is 5.91 Å². The fourth-order valence-electron chi connectivity index (χ4n) is 3.72. The van der Waals surface area contributed by atoms with Crippen LogP contribution in [0.15, 0.2) is 0 Å². The van der Waals surface area contributed by atoms with Crippen LogP contribution < -0.4 is 5.32 Å². The van der Waals surface area contributed by atoms with Crippen LogP contribution in [-0.2, 0) is 4.79 Å². The van der Waals surface area contributed by atoms with Crippen molar-refractivity contribution in [1.82, 2.24) is 15.1 Å². The molecule has 3 fully saturated rings. The lowest BCUT2D eigenvalue weighted by molar-refractivity contribution is -0.137. The molecule has 3 aliphatic heterocycles. The molecule has 0 aromatic heterocycles. The number of hydrogen-bond donors (Lipinski definition) is 1. The van der Waals surface area contributed by atoms with Crippen LogP contribution in [0, 0.1) is 5.92 Å². The molecule has 4 heteroatoms. The molecule has 18 heavy (non-hydrogen) atoms. The highest BCUT2D eigenvalue weighted by Crippen LogP contribution is 2.23. The number of amides is 1. The van der Waals surface area contributed by atoms with Gasteiger partial charge in [0, 0.05) is 25.7 Å². The number of piperidine rings is 1. The van der Waals surface area contributed by atoms with Crippen LogP contribution in [0.4, 0.5) is 0 Å². The van der Waals surface area contributed by atoms with Gasteiger partial charge < -0.3 is 10.2 Å². The fraction of sp³-hybridized carbons (Fsp3) is 0.929. The van der Waals surface area contributed by atoms with E-state index in [0.717, 1.165) is 32.6 Å². The Bertz CT molecular complexity index is 320. The van der Waals surface area contributed by atoms with Crippen LogP contribution >= 0.6 is 0 Å². The molecule has 0 aromatic carbocycles. The van der Waals surface area contributed by atoms with Crippen molar-refractivity contribution in [2.24, 2.45) is 5.92 Å². The third kappa shape index (κ3) is 2.28. The maximum Gasteiger partial charge on any atom is 0.240 e. The van der Waals surface area contributed by atoms with Gasteiger partial charge in [0.05, 0.1) is 6.04 Å². The molecule has 0 spiro atoms. The molecule has 3 unspecified atom stereocenters. The highest BCUT2D eigenvalue weighted by Gasteiger charge is 2.36. The van der Waals surface area contributed by atoms with Crippen molar-refractivity contribution >= 4 is 5.91 Å². The summed E-state index contributed by atoms with van der Waals surface area (Å²) in [6.07, 6.45) is 5.09. The molecule has 0 aliphatic carbocycles. The summed E-state index contributed by atoms with van der Waals surface area (Å²) in [4.78, 5) is 17.2. The van der Waals surface area contributed by atoms with Crippen molar-refractivity contribution in [3.8, 4) is 0 Å². The van der Waals surface area contributed by atoms with Gasteiger partial charge in [-0.05, 0) is 38.3 Å². The number of fused-ring (bicyclic) bond motifs is 1. The van der Waals surface area contributed by atoms with Crippen LogP contribution in [0.5, 0.6) is 0 Å². The summed E-state index contributed by atoms with van der Waals surface area (Å²) in [5.41, 5.74) is 0. The molecule has 3 saturated heterocycles. The third-order valence-corrected chi connectivity index (χ3v) is 4.95. The average Bonchev–Trinajstić information content (AvgIpc) is 2.83. The summed E-state index contributed by atoms with van der Waals surface area (Å²) in [6, 6.07) is 0.716. The van der Waals surface area contributed by atoms with Crippen LogP contribution in [0.3, 0.4) is 0 Å². The summed E-state index contributed by atoms with van der Waals surface area (Å²) >= 11 is 0. The Balaban J connectivity index is 1.61. The lowest BCUT2D eigenvalue weighted by atomic mass is 9.97. The van der Waals surface area contributed by atoms with Gasteiger partial charge in [-0.2, -0.15) is 0 Å². The number of nitrogens with zero attached hydrogens (tertiary/aromatic N) is 2. The highest BCUT2D eigenvalue weighted by atomic mass is 16.2. The lowest BCUT2D eigenvalue weighted by Gasteiger charge is -2.44. The van der Waals surface area contributed by atoms with Crippen molar-refractivity contribution in [2.45, 2.75) is 44.7 Å². The molecule has 0 saturated carbocycles. The third-order valence-electron chi connectivity index (χ3n) is 4.95. The van der Waals surface area contributed by atoms with E-state index in [1.54, 1.807) is 0 Å². The second-order valence-corrected chi connectivity index (χ2v) is 6.17. The maximum atomic E-state index is 12.5. The smallest absolute Gasteiger partial charge is 0.240 e. The molecule has 3 atom stereocenters. The average molecular weight is 251 g/mol. The standard InChI is InChI=1S/C14H25N3O/c1-11-5-6-15-13(11)14(18)17-9-8-16-7-3-2-4-12(16)10-17/h11-13,15H,2-10H2,1H3. The van der Waals surface area contributed by atoms with Gasteiger partial charge in [0.25, 0.3) is 0 Å². The Morgan fingerprint density at radius 1 is 1.17 bits per heavy atom. The monoisotopic (exact) mass is 251 g/mol. The molecule has 4 nitrogen and oxygen atoms in total. The Kier molecular flexibility index (Phi) is 3.57. The zero-order valence-electron chi connectivity index (χ0n) is 11.4. The topological polar surface area (TPSA) is 35.6 Å². The summed E-state index contributed by atoms with van der Waals surface area (Å²) in [5.74, 6) is 0.854. The summed E-state index contributed by atoms with van der Waals surface area (Å²) < 4.78 is 0. The molecule has 0 bridgehead atoms. The molecular weight excluding hydrogens is 226 g/mol. The predicted octanol–water partition coefficient (Wildman–Crippen LogP) is 0.681. The SMILES string of the molecule is CC1CCNC1C(=O)N1CCN2CCCCC2C1. The molecular formula is C14H25N3O. The van der Waals surface area contributed by atoms with Gasteiger partial charge in [0.15, 0.2) is 0 Å². The van der Waals surface area contributed by atoms with E-state index in [2.05, 4.69) is 22.0 Å². The first-order chi connectivity index (χ1) is 8.75. The lowest BCUT2D eigenvalue weighted by Crippen LogP contribution is -2.59. The van der Waals surface area contributed by atoms with Gasteiger partial charge in [-0.1, -0.05) is 13.3 Å². The molecule has 1 N–H and O–H groups in total. The van der Waals surface area contributed by atoms with E-state index in [4.69, 9.17) is 0 Å². The zero-order valence-corrected chi connectivity index (χ0v) is 11.4. The second-order valence-electron chi connectivity index (χ2n) is 6.17. The van der Waals surface area contributed by atoms with E-state index in [1.165, 1.54) is 25.8 Å². The van der Waals surface area contributed by atoms with E-state index in [-0.39, 0.29) is 6.04 Å². The second kappa shape index (κ2) is 5.17. The van der Waals surface area contributed by atoms with Gasteiger partial charge >= 0.3 is 0 Å². The summed E-state index contributed by atoms with van der Waals surface area (Å²) in [7, 11) is 0. The molecule has 3 rings (SSSR count). The van der Waals surface area contributed by atoms with E-state index in [9.17, 15) is 4.79 Å². The number of piperazine rings is 1. The number of hydrogen-bond acceptors (Lipinski definition) is 3. The van der Waals surface area contributed by atoms with Gasteiger partial charge in [-0.25, -0.2) is 0 Å². The quantitative estimate of drug-likeness (QED) is 0.744. The maximum absolute atomic E-state index is 12.5. The minimum Gasteiger partial charge on any atom is -0.338 e. The minimum absolute atomic E-state index is 0.0835.